The molecular weight excluding hydrogens is 246 g/mol. The molecule has 0 spiro atoms. The van der Waals surface area contributed by atoms with Crippen molar-refractivity contribution in [2.75, 3.05) is 11.9 Å². The molecule has 18 heavy (non-hydrogen) atoms. The Hall–Kier alpha value is -1.48. The molecule has 2 rings (SSSR count). The van der Waals surface area contributed by atoms with Crippen molar-refractivity contribution in [1.29, 1.82) is 0 Å². The molecule has 0 aliphatic rings. The van der Waals surface area contributed by atoms with E-state index in [0.717, 1.165) is 42.5 Å². The van der Waals surface area contributed by atoms with E-state index in [1.54, 1.807) is 0 Å². The first-order chi connectivity index (χ1) is 8.79. The summed E-state index contributed by atoms with van der Waals surface area (Å²) in [6, 6.07) is 7.78. The topological polar surface area (TPSA) is 29.9 Å². The second kappa shape index (κ2) is 6.45. The molecule has 0 radical (unpaired) electrons. The number of rotatable bonds is 6. The lowest BCUT2D eigenvalue weighted by molar-refractivity contribution is 0.663. The van der Waals surface area contributed by atoms with E-state index >= 15 is 0 Å². The zero-order chi connectivity index (χ0) is 12.8. The van der Waals surface area contributed by atoms with Gasteiger partial charge in [-0.05, 0) is 24.6 Å². The van der Waals surface area contributed by atoms with Crippen LogP contribution in [0.15, 0.2) is 36.7 Å². The summed E-state index contributed by atoms with van der Waals surface area (Å²) < 4.78 is 2.20. The third-order valence-electron chi connectivity index (χ3n) is 2.78. The molecule has 4 heteroatoms. The van der Waals surface area contributed by atoms with Gasteiger partial charge < -0.3 is 9.88 Å². The SMILES string of the molecule is CCCc1nccn1CCNc1cccc(Cl)c1. The molecule has 3 nitrogen and oxygen atoms in total. The highest BCUT2D eigenvalue weighted by molar-refractivity contribution is 6.30. The van der Waals surface area contributed by atoms with Crippen LogP contribution in [0.5, 0.6) is 0 Å². The Kier molecular flexibility index (Phi) is 4.65. The Morgan fingerprint density at radius 2 is 2.28 bits per heavy atom. The molecule has 0 bridgehead atoms. The van der Waals surface area contributed by atoms with Gasteiger partial charge in [-0.15, -0.1) is 0 Å². The molecule has 1 heterocycles. The third kappa shape index (κ3) is 3.50. The zero-order valence-electron chi connectivity index (χ0n) is 10.6. The largest absolute Gasteiger partial charge is 0.383 e. The number of hydrogen-bond acceptors (Lipinski definition) is 2. The summed E-state index contributed by atoms with van der Waals surface area (Å²) in [5, 5.41) is 4.12. The minimum atomic E-state index is 0.759. The van der Waals surface area contributed by atoms with Gasteiger partial charge in [-0.25, -0.2) is 4.98 Å². The standard InChI is InChI=1S/C14H18ClN3/c1-2-4-14-17-8-10-18(14)9-7-16-13-6-3-5-12(15)11-13/h3,5-6,8,10-11,16H,2,4,7,9H2,1H3. The highest BCUT2D eigenvalue weighted by Gasteiger charge is 2.01. The van der Waals surface area contributed by atoms with Gasteiger partial charge >= 0.3 is 0 Å². The van der Waals surface area contributed by atoms with E-state index in [4.69, 9.17) is 11.6 Å². The fraction of sp³-hybridized carbons (Fsp3) is 0.357. The zero-order valence-corrected chi connectivity index (χ0v) is 11.3. The Bertz CT molecular complexity index is 493. The highest BCUT2D eigenvalue weighted by atomic mass is 35.5. The Balaban J connectivity index is 1.86. The van der Waals surface area contributed by atoms with Crippen LogP contribution in [0.25, 0.3) is 0 Å². The first kappa shape index (κ1) is 13.0. The lowest BCUT2D eigenvalue weighted by Gasteiger charge is -2.09. The molecule has 0 unspecified atom stereocenters. The van der Waals surface area contributed by atoms with Gasteiger partial charge in [-0.3, -0.25) is 0 Å². The number of anilines is 1. The molecule has 96 valence electrons. The van der Waals surface area contributed by atoms with Crippen LogP contribution in [0, 0.1) is 0 Å². The van der Waals surface area contributed by atoms with E-state index in [-0.39, 0.29) is 0 Å². The van der Waals surface area contributed by atoms with Gasteiger partial charge in [0.15, 0.2) is 0 Å². The Labute approximate surface area is 113 Å². The summed E-state index contributed by atoms with van der Waals surface area (Å²) in [7, 11) is 0. The van der Waals surface area contributed by atoms with E-state index in [2.05, 4.69) is 21.8 Å². The lowest BCUT2D eigenvalue weighted by Crippen LogP contribution is -2.12. The predicted octanol–water partition coefficient (Wildman–Crippen LogP) is 3.60. The number of aromatic nitrogens is 2. The van der Waals surface area contributed by atoms with E-state index in [1.807, 2.05) is 36.7 Å². The maximum absolute atomic E-state index is 5.93. The van der Waals surface area contributed by atoms with Gasteiger partial charge in [-0.1, -0.05) is 24.6 Å². The van der Waals surface area contributed by atoms with Gasteiger partial charge in [0.1, 0.15) is 5.82 Å². The average Bonchev–Trinajstić information content (AvgIpc) is 2.78. The van der Waals surface area contributed by atoms with Crippen molar-refractivity contribution < 1.29 is 0 Å². The van der Waals surface area contributed by atoms with Crippen molar-refractivity contribution in [2.45, 2.75) is 26.3 Å². The Morgan fingerprint density at radius 3 is 3.06 bits per heavy atom. The van der Waals surface area contributed by atoms with Gasteiger partial charge in [0.2, 0.25) is 0 Å². The van der Waals surface area contributed by atoms with Crippen molar-refractivity contribution in [3.05, 3.63) is 47.5 Å². The highest BCUT2D eigenvalue weighted by Crippen LogP contribution is 2.14. The summed E-state index contributed by atoms with van der Waals surface area (Å²) in [5.74, 6) is 1.16. The maximum atomic E-state index is 5.93. The number of aryl methyl sites for hydroxylation is 1. The number of nitrogens with zero attached hydrogens (tertiary/aromatic N) is 2. The van der Waals surface area contributed by atoms with E-state index in [1.165, 1.54) is 0 Å². The van der Waals surface area contributed by atoms with Crippen LogP contribution in [0.3, 0.4) is 0 Å². The van der Waals surface area contributed by atoms with Gasteiger partial charge in [0, 0.05) is 42.6 Å². The summed E-state index contributed by atoms with van der Waals surface area (Å²) in [6.07, 6.45) is 6.05. The minimum absolute atomic E-state index is 0.759. The van der Waals surface area contributed by atoms with Crippen molar-refractivity contribution >= 4 is 17.3 Å². The molecule has 2 aromatic rings. The molecule has 0 aliphatic carbocycles. The number of imidazole rings is 1. The van der Waals surface area contributed by atoms with Gasteiger partial charge in [0.05, 0.1) is 0 Å². The van der Waals surface area contributed by atoms with Crippen LogP contribution in [-0.2, 0) is 13.0 Å². The molecule has 0 saturated heterocycles. The third-order valence-corrected chi connectivity index (χ3v) is 3.02. The predicted molar refractivity (Wildman–Crippen MR) is 76.2 cm³/mol. The van der Waals surface area contributed by atoms with Gasteiger partial charge in [0.25, 0.3) is 0 Å². The molecule has 1 aromatic heterocycles. The quantitative estimate of drug-likeness (QED) is 0.863. The molecule has 0 fully saturated rings. The first-order valence-corrected chi connectivity index (χ1v) is 6.67. The first-order valence-electron chi connectivity index (χ1n) is 6.29. The molecule has 1 aromatic carbocycles. The molecule has 0 aliphatic heterocycles. The van der Waals surface area contributed by atoms with Crippen LogP contribution in [0.4, 0.5) is 5.69 Å². The van der Waals surface area contributed by atoms with Crippen LogP contribution >= 0.6 is 11.6 Å². The van der Waals surface area contributed by atoms with Gasteiger partial charge in [-0.2, -0.15) is 0 Å². The number of benzene rings is 1. The lowest BCUT2D eigenvalue weighted by atomic mass is 10.3. The van der Waals surface area contributed by atoms with E-state index < -0.39 is 0 Å². The summed E-state index contributed by atoms with van der Waals surface area (Å²) >= 11 is 5.93. The van der Waals surface area contributed by atoms with Crippen LogP contribution in [0.1, 0.15) is 19.2 Å². The smallest absolute Gasteiger partial charge is 0.108 e. The van der Waals surface area contributed by atoms with Crippen molar-refractivity contribution in [2.24, 2.45) is 0 Å². The fourth-order valence-corrected chi connectivity index (χ4v) is 2.10. The van der Waals surface area contributed by atoms with Crippen LogP contribution < -0.4 is 5.32 Å². The monoisotopic (exact) mass is 263 g/mol. The minimum Gasteiger partial charge on any atom is -0.383 e. The maximum Gasteiger partial charge on any atom is 0.108 e. The molecule has 1 N–H and O–H groups in total. The Morgan fingerprint density at radius 1 is 1.39 bits per heavy atom. The van der Waals surface area contributed by atoms with Crippen molar-refractivity contribution in [1.82, 2.24) is 9.55 Å². The van der Waals surface area contributed by atoms with E-state index in [0.29, 0.717) is 0 Å². The van der Waals surface area contributed by atoms with Crippen molar-refractivity contribution in [3.8, 4) is 0 Å². The fourth-order valence-electron chi connectivity index (χ4n) is 1.91. The average molecular weight is 264 g/mol. The summed E-state index contributed by atoms with van der Waals surface area (Å²) in [5.41, 5.74) is 1.06. The normalized spacial score (nSPS) is 10.6. The number of halogens is 1. The number of hydrogen-bond donors (Lipinski definition) is 1. The summed E-state index contributed by atoms with van der Waals surface area (Å²) in [6.45, 7) is 3.96. The molecule has 0 amide bonds. The number of nitrogens with one attached hydrogen (secondary N) is 1. The molecule has 0 saturated carbocycles. The summed E-state index contributed by atoms with van der Waals surface area (Å²) in [4.78, 5) is 4.36. The molecular formula is C14H18ClN3. The molecule has 0 atom stereocenters. The van der Waals surface area contributed by atoms with Crippen LogP contribution in [-0.4, -0.2) is 16.1 Å². The van der Waals surface area contributed by atoms with Crippen LogP contribution in [0.2, 0.25) is 5.02 Å². The second-order valence-corrected chi connectivity index (χ2v) is 4.66. The van der Waals surface area contributed by atoms with E-state index in [9.17, 15) is 0 Å². The van der Waals surface area contributed by atoms with Crippen molar-refractivity contribution in [3.63, 3.8) is 0 Å². The second-order valence-electron chi connectivity index (χ2n) is 4.22.